The van der Waals surface area contributed by atoms with Crippen LogP contribution in [0.5, 0.6) is 5.75 Å². The van der Waals surface area contributed by atoms with Crippen molar-refractivity contribution in [2.45, 2.75) is 58.0 Å². The third kappa shape index (κ3) is 2.96. The van der Waals surface area contributed by atoms with Gasteiger partial charge >= 0.3 is 0 Å². The minimum Gasteiger partial charge on any atom is -0.486 e. The van der Waals surface area contributed by atoms with Gasteiger partial charge in [-0.15, -0.1) is 0 Å². The predicted octanol–water partition coefficient (Wildman–Crippen LogP) is 5.28. The number of halogens is 1. The van der Waals surface area contributed by atoms with Gasteiger partial charge in [-0.25, -0.2) is 0 Å². The zero-order valence-electron chi connectivity index (χ0n) is 12.8. The Morgan fingerprint density at radius 3 is 2.86 bits per heavy atom. The van der Waals surface area contributed by atoms with Crippen molar-refractivity contribution in [2.75, 3.05) is 0 Å². The maximum Gasteiger partial charge on any atom is 0.170 e. The van der Waals surface area contributed by atoms with E-state index in [9.17, 15) is 4.79 Å². The molecule has 3 heteroatoms. The largest absolute Gasteiger partial charge is 0.486 e. The maximum absolute atomic E-state index is 12.5. The molecule has 2 aliphatic rings. The Morgan fingerprint density at radius 2 is 2.10 bits per heavy atom. The summed E-state index contributed by atoms with van der Waals surface area (Å²) in [5.74, 6) is 2.38. The SMILES string of the molecule is CC(C)C1CCCC2(CC1)CC(=O)c1cc(Cl)ccc1O2. The summed E-state index contributed by atoms with van der Waals surface area (Å²) in [4.78, 5) is 12.5. The number of carbonyl (C=O) groups excluding carboxylic acids is 1. The highest BCUT2D eigenvalue weighted by molar-refractivity contribution is 6.31. The van der Waals surface area contributed by atoms with Crippen LogP contribution >= 0.6 is 11.6 Å². The highest BCUT2D eigenvalue weighted by Gasteiger charge is 2.42. The Balaban J connectivity index is 1.84. The van der Waals surface area contributed by atoms with Crippen LogP contribution in [-0.2, 0) is 0 Å². The monoisotopic (exact) mass is 306 g/mol. The normalized spacial score (nSPS) is 29.1. The van der Waals surface area contributed by atoms with Crippen molar-refractivity contribution in [3.8, 4) is 5.75 Å². The van der Waals surface area contributed by atoms with Gasteiger partial charge in [0.15, 0.2) is 5.78 Å². The van der Waals surface area contributed by atoms with Gasteiger partial charge in [0, 0.05) is 5.02 Å². The molecule has 0 amide bonds. The second-order valence-electron chi connectivity index (χ2n) is 6.96. The van der Waals surface area contributed by atoms with Crippen LogP contribution in [0.3, 0.4) is 0 Å². The van der Waals surface area contributed by atoms with Crippen molar-refractivity contribution < 1.29 is 9.53 Å². The van der Waals surface area contributed by atoms with Crippen LogP contribution in [0.2, 0.25) is 5.02 Å². The zero-order valence-corrected chi connectivity index (χ0v) is 13.6. The van der Waals surface area contributed by atoms with Gasteiger partial charge in [-0.1, -0.05) is 31.9 Å². The molecule has 114 valence electrons. The fourth-order valence-electron chi connectivity index (χ4n) is 3.82. The van der Waals surface area contributed by atoms with Crippen molar-refractivity contribution in [1.29, 1.82) is 0 Å². The quantitative estimate of drug-likeness (QED) is 0.705. The fourth-order valence-corrected chi connectivity index (χ4v) is 3.99. The molecule has 0 aromatic heterocycles. The van der Waals surface area contributed by atoms with Crippen molar-refractivity contribution in [1.82, 2.24) is 0 Å². The van der Waals surface area contributed by atoms with Gasteiger partial charge in [-0.05, 0) is 55.7 Å². The number of benzene rings is 1. The lowest BCUT2D eigenvalue weighted by atomic mass is 9.83. The molecule has 1 fully saturated rings. The minimum absolute atomic E-state index is 0.182. The average Bonchev–Trinajstić information content (AvgIpc) is 2.63. The molecule has 2 unspecified atom stereocenters. The molecular formula is C18H23ClO2. The summed E-state index contributed by atoms with van der Waals surface area (Å²) in [6.45, 7) is 4.60. The Morgan fingerprint density at radius 1 is 1.29 bits per heavy atom. The van der Waals surface area contributed by atoms with Crippen LogP contribution in [-0.4, -0.2) is 11.4 Å². The Kier molecular flexibility index (Phi) is 4.00. The van der Waals surface area contributed by atoms with Crippen molar-refractivity contribution >= 4 is 17.4 Å². The molecule has 1 aliphatic heterocycles. The van der Waals surface area contributed by atoms with Crippen molar-refractivity contribution in [3.05, 3.63) is 28.8 Å². The molecule has 1 aliphatic carbocycles. The first-order chi connectivity index (χ1) is 9.99. The van der Waals surface area contributed by atoms with Gasteiger partial charge in [0.05, 0.1) is 12.0 Å². The van der Waals surface area contributed by atoms with Gasteiger partial charge in [0.2, 0.25) is 0 Å². The molecule has 0 saturated heterocycles. The van der Waals surface area contributed by atoms with E-state index in [1.807, 2.05) is 6.07 Å². The number of ether oxygens (including phenoxy) is 1. The first-order valence-corrected chi connectivity index (χ1v) is 8.39. The molecule has 1 spiro atoms. The molecule has 1 aromatic carbocycles. The number of rotatable bonds is 1. The van der Waals surface area contributed by atoms with E-state index >= 15 is 0 Å². The number of hydrogen-bond donors (Lipinski definition) is 0. The highest BCUT2D eigenvalue weighted by atomic mass is 35.5. The molecule has 1 aromatic rings. The van der Waals surface area contributed by atoms with Crippen LogP contribution in [0.4, 0.5) is 0 Å². The molecule has 0 N–H and O–H groups in total. The lowest BCUT2D eigenvalue weighted by Crippen LogP contribution is -2.41. The van der Waals surface area contributed by atoms with Crippen LogP contribution in [0, 0.1) is 11.8 Å². The van der Waals surface area contributed by atoms with Crippen LogP contribution in [0.1, 0.15) is 62.7 Å². The van der Waals surface area contributed by atoms with E-state index in [2.05, 4.69) is 13.8 Å². The molecule has 2 nitrogen and oxygen atoms in total. The molecule has 0 radical (unpaired) electrons. The van der Waals surface area contributed by atoms with E-state index in [0.717, 1.165) is 37.4 Å². The van der Waals surface area contributed by atoms with Gasteiger partial charge in [0.1, 0.15) is 11.4 Å². The number of carbonyl (C=O) groups is 1. The van der Waals surface area contributed by atoms with E-state index in [1.54, 1.807) is 12.1 Å². The lowest BCUT2D eigenvalue weighted by Gasteiger charge is -2.37. The third-order valence-corrected chi connectivity index (χ3v) is 5.41. The van der Waals surface area contributed by atoms with Crippen LogP contribution < -0.4 is 4.74 Å². The predicted molar refractivity (Wildman–Crippen MR) is 85.2 cm³/mol. The van der Waals surface area contributed by atoms with E-state index < -0.39 is 0 Å². The smallest absolute Gasteiger partial charge is 0.170 e. The first-order valence-electron chi connectivity index (χ1n) is 8.01. The second kappa shape index (κ2) is 5.64. The topological polar surface area (TPSA) is 26.3 Å². The summed E-state index contributed by atoms with van der Waals surface area (Å²) in [5.41, 5.74) is 0.374. The van der Waals surface area contributed by atoms with Crippen LogP contribution in [0.25, 0.3) is 0 Å². The van der Waals surface area contributed by atoms with E-state index in [0.29, 0.717) is 22.9 Å². The summed E-state index contributed by atoms with van der Waals surface area (Å²) < 4.78 is 6.31. The zero-order chi connectivity index (χ0) is 15.0. The lowest BCUT2D eigenvalue weighted by molar-refractivity contribution is 0.0286. The summed E-state index contributed by atoms with van der Waals surface area (Å²) in [6, 6.07) is 5.39. The second-order valence-corrected chi connectivity index (χ2v) is 7.40. The molecule has 3 rings (SSSR count). The minimum atomic E-state index is -0.276. The van der Waals surface area contributed by atoms with Gasteiger partial charge in [0.25, 0.3) is 0 Å². The molecular weight excluding hydrogens is 284 g/mol. The maximum atomic E-state index is 12.5. The molecule has 2 atom stereocenters. The number of fused-ring (bicyclic) bond motifs is 1. The molecule has 1 heterocycles. The average molecular weight is 307 g/mol. The summed E-state index contributed by atoms with van der Waals surface area (Å²) in [5, 5.41) is 0.599. The molecule has 1 saturated carbocycles. The highest BCUT2D eigenvalue weighted by Crippen LogP contribution is 2.43. The molecule has 21 heavy (non-hydrogen) atoms. The van der Waals surface area contributed by atoms with E-state index in [4.69, 9.17) is 16.3 Å². The van der Waals surface area contributed by atoms with E-state index in [-0.39, 0.29) is 11.4 Å². The number of ketones is 1. The van der Waals surface area contributed by atoms with Gasteiger partial charge < -0.3 is 4.74 Å². The standard InChI is InChI=1S/C18H23ClO2/c1-12(2)13-4-3-8-18(9-7-13)11-16(20)15-10-14(19)5-6-17(15)21-18/h5-6,10,12-13H,3-4,7-9,11H2,1-2H3. The molecule has 0 bridgehead atoms. The number of Topliss-reactive ketones (excluding diaryl/α,β-unsaturated/α-hetero) is 1. The Hall–Kier alpha value is -1.02. The summed E-state index contributed by atoms with van der Waals surface area (Å²) in [6.07, 6.45) is 6.05. The van der Waals surface area contributed by atoms with Gasteiger partial charge in [-0.2, -0.15) is 0 Å². The Bertz CT molecular complexity index is 552. The third-order valence-electron chi connectivity index (χ3n) is 5.17. The first kappa shape index (κ1) is 14.9. The summed E-state index contributed by atoms with van der Waals surface area (Å²) >= 11 is 5.99. The van der Waals surface area contributed by atoms with Crippen molar-refractivity contribution in [2.24, 2.45) is 11.8 Å². The summed E-state index contributed by atoms with van der Waals surface area (Å²) in [7, 11) is 0. The van der Waals surface area contributed by atoms with E-state index in [1.165, 1.54) is 6.42 Å². The van der Waals surface area contributed by atoms with Gasteiger partial charge in [-0.3, -0.25) is 4.79 Å². The van der Waals surface area contributed by atoms with Crippen LogP contribution in [0.15, 0.2) is 18.2 Å². The fraction of sp³-hybridized carbons (Fsp3) is 0.611. The number of hydrogen-bond acceptors (Lipinski definition) is 2. The Labute approximate surface area is 131 Å². The van der Waals surface area contributed by atoms with Crippen molar-refractivity contribution in [3.63, 3.8) is 0 Å².